The van der Waals surface area contributed by atoms with E-state index in [0.717, 1.165) is 4.88 Å². The standard InChI is InChI=1S/C11H10O4S/c1-6-2-3-8(16-6)9(12)10-7(11(13)14)4-5-15-10/h2-5,9,12H,1H3,(H,13,14). The SMILES string of the molecule is Cc1ccc(C(O)c2occc2C(=O)O)s1. The summed E-state index contributed by atoms with van der Waals surface area (Å²) in [6.07, 6.45) is 0.252. The molecule has 0 radical (unpaired) electrons. The fourth-order valence-electron chi connectivity index (χ4n) is 1.44. The molecule has 16 heavy (non-hydrogen) atoms. The van der Waals surface area contributed by atoms with Gasteiger partial charge in [0.2, 0.25) is 0 Å². The van der Waals surface area contributed by atoms with E-state index in [1.807, 2.05) is 13.0 Å². The van der Waals surface area contributed by atoms with Gasteiger partial charge in [0.05, 0.1) is 6.26 Å². The second-order valence-corrected chi connectivity index (χ2v) is 4.67. The Bertz CT molecular complexity index is 512. The van der Waals surface area contributed by atoms with E-state index in [2.05, 4.69) is 0 Å². The maximum atomic E-state index is 10.9. The van der Waals surface area contributed by atoms with E-state index < -0.39 is 12.1 Å². The van der Waals surface area contributed by atoms with Crippen LogP contribution in [0.1, 0.15) is 32.0 Å². The second kappa shape index (κ2) is 4.11. The molecule has 0 amide bonds. The number of aromatic carboxylic acids is 1. The summed E-state index contributed by atoms with van der Waals surface area (Å²) in [5.74, 6) is -1.02. The Hall–Kier alpha value is -1.59. The van der Waals surface area contributed by atoms with E-state index in [0.29, 0.717) is 4.88 Å². The van der Waals surface area contributed by atoms with Gasteiger partial charge >= 0.3 is 5.97 Å². The normalized spacial score (nSPS) is 12.6. The lowest BCUT2D eigenvalue weighted by Gasteiger charge is -2.05. The largest absolute Gasteiger partial charge is 0.478 e. The number of carboxylic acid groups (broad SMARTS) is 1. The molecular weight excluding hydrogens is 228 g/mol. The van der Waals surface area contributed by atoms with E-state index in [1.165, 1.54) is 23.7 Å². The van der Waals surface area contributed by atoms with E-state index in [1.54, 1.807) is 6.07 Å². The lowest BCUT2D eigenvalue weighted by Crippen LogP contribution is -2.04. The highest BCUT2D eigenvalue weighted by molar-refractivity contribution is 7.12. The van der Waals surface area contributed by atoms with E-state index in [9.17, 15) is 9.90 Å². The molecule has 5 heteroatoms. The highest BCUT2D eigenvalue weighted by Gasteiger charge is 2.23. The van der Waals surface area contributed by atoms with Crippen molar-refractivity contribution >= 4 is 17.3 Å². The van der Waals surface area contributed by atoms with Gasteiger partial charge in [-0.3, -0.25) is 0 Å². The fourth-order valence-corrected chi connectivity index (χ4v) is 2.30. The van der Waals surface area contributed by atoms with Gasteiger partial charge in [0.25, 0.3) is 0 Å². The smallest absolute Gasteiger partial charge is 0.339 e. The molecule has 2 heterocycles. The Labute approximate surface area is 95.8 Å². The number of furan rings is 1. The van der Waals surface area contributed by atoms with Gasteiger partial charge in [-0.15, -0.1) is 11.3 Å². The van der Waals surface area contributed by atoms with Gasteiger partial charge in [0.1, 0.15) is 11.7 Å². The number of aliphatic hydroxyl groups is 1. The number of aliphatic hydroxyl groups excluding tert-OH is 1. The fraction of sp³-hybridized carbons (Fsp3) is 0.182. The molecule has 0 saturated carbocycles. The number of aryl methyl sites for hydroxylation is 1. The van der Waals surface area contributed by atoms with E-state index in [4.69, 9.17) is 9.52 Å². The van der Waals surface area contributed by atoms with Crippen LogP contribution in [-0.4, -0.2) is 16.2 Å². The molecular formula is C11H10O4S. The number of thiophene rings is 1. The van der Waals surface area contributed by atoms with Crippen LogP contribution < -0.4 is 0 Å². The zero-order valence-corrected chi connectivity index (χ0v) is 9.32. The molecule has 84 valence electrons. The van der Waals surface area contributed by atoms with E-state index >= 15 is 0 Å². The molecule has 4 nitrogen and oxygen atoms in total. The summed E-state index contributed by atoms with van der Waals surface area (Å²) < 4.78 is 5.03. The first-order chi connectivity index (χ1) is 7.59. The molecule has 0 aliphatic heterocycles. The zero-order chi connectivity index (χ0) is 11.7. The summed E-state index contributed by atoms with van der Waals surface area (Å²) in [4.78, 5) is 12.6. The molecule has 1 atom stereocenters. The monoisotopic (exact) mass is 238 g/mol. The minimum Gasteiger partial charge on any atom is -0.478 e. The first-order valence-electron chi connectivity index (χ1n) is 4.64. The van der Waals surface area contributed by atoms with Crippen molar-refractivity contribution in [3.05, 3.63) is 45.5 Å². The molecule has 0 saturated heterocycles. The van der Waals surface area contributed by atoms with Crippen molar-refractivity contribution in [3.8, 4) is 0 Å². The predicted octanol–water partition coefficient (Wildman–Crippen LogP) is 2.43. The molecule has 0 aliphatic carbocycles. The first-order valence-corrected chi connectivity index (χ1v) is 5.46. The van der Waals surface area contributed by atoms with Gasteiger partial charge in [-0.1, -0.05) is 0 Å². The lowest BCUT2D eigenvalue weighted by molar-refractivity contribution is 0.0688. The number of rotatable bonds is 3. The quantitative estimate of drug-likeness (QED) is 0.861. The molecule has 1 unspecified atom stereocenters. The van der Waals surface area contributed by atoms with Gasteiger partial charge in [0, 0.05) is 9.75 Å². The average molecular weight is 238 g/mol. The number of carboxylic acids is 1. The van der Waals surface area contributed by atoms with Gasteiger partial charge in [-0.05, 0) is 25.1 Å². The third-order valence-electron chi connectivity index (χ3n) is 2.20. The summed E-state index contributed by atoms with van der Waals surface area (Å²) in [6.45, 7) is 1.92. The number of carbonyl (C=O) groups is 1. The molecule has 2 rings (SSSR count). The van der Waals surface area contributed by atoms with Gasteiger partial charge in [0.15, 0.2) is 5.76 Å². The summed E-state index contributed by atoms with van der Waals surface area (Å²) in [7, 11) is 0. The molecule has 2 aromatic rings. The highest BCUT2D eigenvalue weighted by atomic mass is 32.1. The minimum absolute atomic E-state index is 0.00134. The Morgan fingerprint density at radius 3 is 2.75 bits per heavy atom. The Balaban J connectivity index is 2.37. The topological polar surface area (TPSA) is 70.7 Å². The molecule has 0 aliphatic rings. The van der Waals surface area contributed by atoms with Crippen molar-refractivity contribution in [2.45, 2.75) is 13.0 Å². The third kappa shape index (κ3) is 1.87. The maximum absolute atomic E-state index is 10.9. The third-order valence-corrected chi connectivity index (χ3v) is 3.26. The van der Waals surface area contributed by atoms with Crippen LogP contribution in [0.4, 0.5) is 0 Å². The van der Waals surface area contributed by atoms with Gasteiger partial charge in [-0.2, -0.15) is 0 Å². The summed E-state index contributed by atoms with van der Waals surface area (Å²) in [5.41, 5.74) is -0.00134. The van der Waals surface area contributed by atoms with Crippen LogP contribution in [0.25, 0.3) is 0 Å². The van der Waals surface area contributed by atoms with Crippen LogP contribution >= 0.6 is 11.3 Å². The Morgan fingerprint density at radius 2 is 2.19 bits per heavy atom. The molecule has 0 bridgehead atoms. The zero-order valence-electron chi connectivity index (χ0n) is 8.51. The van der Waals surface area contributed by atoms with Crippen LogP contribution in [0, 0.1) is 6.92 Å². The molecule has 2 aromatic heterocycles. The lowest BCUT2D eigenvalue weighted by atomic mass is 10.1. The molecule has 0 spiro atoms. The summed E-state index contributed by atoms with van der Waals surface area (Å²) in [6, 6.07) is 4.97. The van der Waals surface area contributed by atoms with Crippen LogP contribution in [-0.2, 0) is 0 Å². The average Bonchev–Trinajstić information content (AvgIpc) is 2.84. The molecule has 0 aromatic carbocycles. The number of hydrogen-bond donors (Lipinski definition) is 2. The summed E-state index contributed by atoms with van der Waals surface area (Å²) >= 11 is 1.41. The summed E-state index contributed by atoms with van der Waals surface area (Å²) in [5, 5.41) is 18.9. The predicted molar refractivity (Wildman–Crippen MR) is 58.8 cm³/mol. The van der Waals surface area contributed by atoms with Crippen LogP contribution in [0.2, 0.25) is 0 Å². The molecule has 0 fully saturated rings. The van der Waals surface area contributed by atoms with E-state index in [-0.39, 0.29) is 11.3 Å². The minimum atomic E-state index is -1.10. The van der Waals surface area contributed by atoms with Crippen LogP contribution in [0.3, 0.4) is 0 Å². The first kappa shape index (κ1) is 10.9. The van der Waals surface area contributed by atoms with Crippen molar-refractivity contribution < 1.29 is 19.4 Å². The van der Waals surface area contributed by atoms with Crippen molar-refractivity contribution in [1.29, 1.82) is 0 Å². The van der Waals surface area contributed by atoms with Crippen molar-refractivity contribution in [1.82, 2.24) is 0 Å². The number of hydrogen-bond acceptors (Lipinski definition) is 4. The Morgan fingerprint density at radius 1 is 1.44 bits per heavy atom. The van der Waals surface area contributed by atoms with Crippen LogP contribution in [0.15, 0.2) is 28.9 Å². The maximum Gasteiger partial charge on any atom is 0.339 e. The van der Waals surface area contributed by atoms with Crippen molar-refractivity contribution in [3.63, 3.8) is 0 Å². The van der Waals surface area contributed by atoms with Crippen molar-refractivity contribution in [2.24, 2.45) is 0 Å². The highest BCUT2D eigenvalue weighted by Crippen LogP contribution is 2.30. The second-order valence-electron chi connectivity index (χ2n) is 3.35. The van der Waals surface area contributed by atoms with Crippen LogP contribution in [0.5, 0.6) is 0 Å². The van der Waals surface area contributed by atoms with Crippen molar-refractivity contribution in [2.75, 3.05) is 0 Å². The van der Waals surface area contributed by atoms with Gasteiger partial charge in [-0.25, -0.2) is 4.79 Å². The Kier molecular flexibility index (Phi) is 2.80. The molecule has 2 N–H and O–H groups in total. The van der Waals surface area contributed by atoms with Gasteiger partial charge < -0.3 is 14.6 Å².